The van der Waals surface area contributed by atoms with Crippen LogP contribution in [-0.2, 0) is 4.43 Å². The first-order valence-electron chi connectivity index (χ1n) is 7.31. The third-order valence-electron chi connectivity index (χ3n) is 4.41. The number of benzene rings is 2. The summed E-state index contributed by atoms with van der Waals surface area (Å²) < 4.78 is 6.26. The summed E-state index contributed by atoms with van der Waals surface area (Å²) in [6, 6.07) is 16.6. The van der Waals surface area contributed by atoms with E-state index in [2.05, 4.69) is 64.2 Å². The summed E-state index contributed by atoms with van der Waals surface area (Å²) in [6.07, 6.45) is -0.490. The lowest BCUT2D eigenvalue weighted by atomic mass is 10.0. The molecule has 0 radical (unpaired) electrons. The zero-order valence-electron chi connectivity index (χ0n) is 13.5. The number of nitrogens with zero attached hydrogens (tertiary/aromatic N) is 1. The molecule has 110 valence electrons. The Balaban J connectivity index is 2.34. The molecule has 2 aromatic carbocycles. The molecule has 0 aromatic heterocycles. The van der Waals surface area contributed by atoms with Gasteiger partial charge in [-0.2, -0.15) is 5.26 Å². The second-order valence-electron chi connectivity index (χ2n) is 6.99. The van der Waals surface area contributed by atoms with Crippen LogP contribution in [0.3, 0.4) is 0 Å². The van der Waals surface area contributed by atoms with Crippen LogP contribution in [0, 0.1) is 11.3 Å². The maximum atomic E-state index is 9.53. The van der Waals surface area contributed by atoms with Crippen molar-refractivity contribution < 1.29 is 4.43 Å². The Hall–Kier alpha value is -1.63. The van der Waals surface area contributed by atoms with Crippen LogP contribution in [-0.4, -0.2) is 8.32 Å². The fraction of sp³-hybridized carbons (Fsp3) is 0.389. The predicted octanol–water partition coefficient (Wildman–Crippen LogP) is 5.43. The van der Waals surface area contributed by atoms with Crippen molar-refractivity contribution in [1.29, 1.82) is 5.26 Å². The third-order valence-corrected chi connectivity index (χ3v) is 8.85. The van der Waals surface area contributed by atoms with Gasteiger partial charge in [0.15, 0.2) is 14.4 Å². The lowest BCUT2D eigenvalue weighted by Crippen LogP contribution is -2.41. The van der Waals surface area contributed by atoms with Crippen molar-refractivity contribution in [2.45, 2.75) is 45.0 Å². The van der Waals surface area contributed by atoms with Crippen LogP contribution in [0.1, 0.15) is 32.4 Å². The Labute approximate surface area is 128 Å². The summed E-state index contributed by atoms with van der Waals surface area (Å²) in [5.41, 5.74) is 0.945. The summed E-state index contributed by atoms with van der Waals surface area (Å²) in [4.78, 5) is 0. The maximum absolute atomic E-state index is 9.53. The van der Waals surface area contributed by atoms with E-state index in [-0.39, 0.29) is 5.04 Å². The Morgan fingerprint density at radius 2 is 1.67 bits per heavy atom. The van der Waals surface area contributed by atoms with Crippen LogP contribution in [0.15, 0.2) is 42.5 Å². The zero-order valence-corrected chi connectivity index (χ0v) is 14.5. The van der Waals surface area contributed by atoms with Crippen LogP contribution >= 0.6 is 0 Å². The minimum absolute atomic E-state index is 0.0962. The van der Waals surface area contributed by atoms with E-state index in [1.165, 1.54) is 5.39 Å². The van der Waals surface area contributed by atoms with E-state index in [1.807, 2.05) is 18.2 Å². The van der Waals surface area contributed by atoms with Gasteiger partial charge in [-0.05, 0) is 40.5 Å². The normalized spacial score (nSPS) is 13.9. The molecule has 21 heavy (non-hydrogen) atoms. The lowest BCUT2D eigenvalue weighted by Gasteiger charge is -2.37. The standard InChI is InChI=1S/C18H23NOSi/c1-18(2,3)21(4,5)20-17(13-19)16-11-10-14-8-6-7-9-15(14)12-16/h6-12,17H,1-5H3. The van der Waals surface area contributed by atoms with Gasteiger partial charge in [0.25, 0.3) is 0 Å². The number of hydrogen-bond acceptors (Lipinski definition) is 2. The summed E-state index contributed by atoms with van der Waals surface area (Å²) >= 11 is 0. The molecule has 2 aromatic rings. The lowest BCUT2D eigenvalue weighted by molar-refractivity contribution is 0.236. The van der Waals surface area contributed by atoms with Crippen molar-refractivity contribution in [1.82, 2.24) is 0 Å². The van der Waals surface area contributed by atoms with Crippen LogP contribution in [0.2, 0.25) is 18.1 Å². The quantitative estimate of drug-likeness (QED) is 0.708. The van der Waals surface area contributed by atoms with Gasteiger partial charge in [-0.3, -0.25) is 0 Å². The van der Waals surface area contributed by atoms with Crippen LogP contribution in [0.5, 0.6) is 0 Å². The van der Waals surface area contributed by atoms with E-state index in [4.69, 9.17) is 4.43 Å². The highest BCUT2D eigenvalue weighted by Gasteiger charge is 2.39. The Morgan fingerprint density at radius 3 is 2.24 bits per heavy atom. The zero-order chi connectivity index (χ0) is 15.7. The highest BCUT2D eigenvalue weighted by atomic mass is 28.4. The molecule has 0 amide bonds. The van der Waals surface area contributed by atoms with Gasteiger partial charge in [-0.15, -0.1) is 0 Å². The second-order valence-corrected chi connectivity index (χ2v) is 11.8. The SMILES string of the molecule is CC(C)(C)[Si](C)(C)OC(C#N)c1ccc2ccccc2c1. The molecule has 2 rings (SSSR count). The Kier molecular flexibility index (Phi) is 4.22. The number of fused-ring (bicyclic) bond motifs is 1. The molecular formula is C18H23NOSi. The van der Waals surface area contributed by atoms with E-state index in [1.54, 1.807) is 0 Å². The first-order valence-corrected chi connectivity index (χ1v) is 10.2. The molecule has 0 fully saturated rings. The average Bonchev–Trinajstić information content (AvgIpc) is 2.43. The Morgan fingerprint density at radius 1 is 1.05 bits per heavy atom. The molecule has 0 heterocycles. The van der Waals surface area contributed by atoms with Crippen molar-refractivity contribution >= 4 is 19.1 Å². The van der Waals surface area contributed by atoms with E-state index in [9.17, 15) is 5.26 Å². The molecule has 0 saturated heterocycles. The van der Waals surface area contributed by atoms with Crippen molar-refractivity contribution in [3.8, 4) is 6.07 Å². The molecule has 0 saturated carbocycles. The van der Waals surface area contributed by atoms with E-state index in [0.29, 0.717) is 0 Å². The third kappa shape index (κ3) is 3.34. The number of rotatable bonds is 3. The van der Waals surface area contributed by atoms with Crippen molar-refractivity contribution in [3.63, 3.8) is 0 Å². The number of hydrogen-bond donors (Lipinski definition) is 0. The van der Waals surface area contributed by atoms with Crippen molar-refractivity contribution in [3.05, 3.63) is 48.0 Å². The van der Waals surface area contributed by atoms with Gasteiger partial charge in [0.05, 0.1) is 6.07 Å². The monoisotopic (exact) mass is 297 g/mol. The molecule has 1 unspecified atom stereocenters. The van der Waals surface area contributed by atoms with Crippen molar-refractivity contribution in [2.24, 2.45) is 0 Å². The first kappa shape index (κ1) is 15.8. The highest BCUT2D eigenvalue weighted by Crippen LogP contribution is 2.39. The highest BCUT2D eigenvalue weighted by molar-refractivity contribution is 6.74. The molecule has 0 aliphatic carbocycles. The largest absolute Gasteiger partial charge is 0.398 e. The topological polar surface area (TPSA) is 33.0 Å². The summed E-state index contributed by atoms with van der Waals surface area (Å²) in [5.74, 6) is 0. The van der Waals surface area contributed by atoms with Crippen LogP contribution < -0.4 is 0 Å². The number of nitriles is 1. The maximum Gasteiger partial charge on any atom is 0.194 e. The van der Waals surface area contributed by atoms with Gasteiger partial charge in [0.1, 0.15) is 0 Å². The average molecular weight is 297 g/mol. The van der Waals surface area contributed by atoms with E-state index in [0.717, 1.165) is 10.9 Å². The molecule has 2 nitrogen and oxygen atoms in total. The van der Waals surface area contributed by atoms with Gasteiger partial charge in [0.2, 0.25) is 0 Å². The molecule has 0 aliphatic rings. The summed E-state index contributed by atoms with van der Waals surface area (Å²) in [7, 11) is -1.96. The van der Waals surface area contributed by atoms with E-state index >= 15 is 0 Å². The van der Waals surface area contributed by atoms with Crippen LogP contribution in [0.4, 0.5) is 0 Å². The molecule has 3 heteroatoms. The van der Waals surface area contributed by atoms with Gasteiger partial charge in [0, 0.05) is 0 Å². The van der Waals surface area contributed by atoms with Gasteiger partial charge in [-0.25, -0.2) is 0 Å². The predicted molar refractivity (Wildman–Crippen MR) is 90.6 cm³/mol. The second kappa shape index (κ2) is 5.63. The molecule has 0 bridgehead atoms. The molecule has 1 atom stereocenters. The molecule has 0 spiro atoms. The van der Waals surface area contributed by atoms with Gasteiger partial charge in [-0.1, -0.05) is 57.2 Å². The fourth-order valence-corrected chi connectivity index (χ4v) is 3.14. The summed E-state index contributed by atoms with van der Waals surface area (Å²) in [5, 5.41) is 12.0. The Bertz CT molecular complexity index is 679. The molecule has 0 N–H and O–H groups in total. The van der Waals surface area contributed by atoms with E-state index < -0.39 is 14.4 Å². The fourth-order valence-electron chi connectivity index (χ4n) is 2.01. The minimum Gasteiger partial charge on any atom is -0.398 e. The minimum atomic E-state index is -1.96. The van der Waals surface area contributed by atoms with Gasteiger partial charge < -0.3 is 4.43 Å². The summed E-state index contributed by atoms with van der Waals surface area (Å²) in [6.45, 7) is 10.9. The molecular weight excluding hydrogens is 274 g/mol. The van der Waals surface area contributed by atoms with Gasteiger partial charge >= 0.3 is 0 Å². The van der Waals surface area contributed by atoms with Crippen LogP contribution in [0.25, 0.3) is 10.8 Å². The first-order chi connectivity index (χ1) is 9.74. The molecule has 0 aliphatic heterocycles. The smallest absolute Gasteiger partial charge is 0.194 e. The van der Waals surface area contributed by atoms with Crippen molar-refractivity contribution in [2.75, 3.05) is 0 Å².